The fourth-order valence-electron chi connectivity index (χ4n) is 2.01. The second kappa shape index (κ2) is 5.59. The normalized spacial score (nSPS) is 11.6. The maximum Gasteiger partial charge on any atom is 0.279 e. The molecule has 0 bridgehead atoms. The topological polar surface area (TPSA) is 58.6 Å². The Morgan fingerprint density at radius 2 is 2.00 bits per heavy atom. The Morgan fingerprint density at radius 1 is 1.30 bits per heavy atom. The summed E-state index contributed by atoms with van der Waals surface area (Å²) in [6.07, 6.45) is 0. The summed E-state index contributed by atoms with van der Waals surface area (Å²) in [5.74, 6) is 0.00989. The lowest BCUT2D eigenvalue weighted by Gasteiger charge is -2.16. The summed E-state index contributed by atoms with van der Waals surface area (Å²) in [6, 6.07) is 9.76. The van der Waals surface area contributed by atoms with Crippen molar-refractivity contribution in [3.8, 4) is 0 Å². The number of nitrogens with one attached hydrogen (secondary N) is 1. The molecule has 0 unspecified atom stereocenters. The Hall–Kier alpha value is -1.94. The quantitative estimate of drug-likeness (QED) is 0.895. The number of carbonyl (C=O) groups is 1. The first-order chi connectivity index (χ1) is 9.35. The number of carbonyl (C=O) groups excluding carboxylic acids is 1. The molecule has 2 aromatic rings. The predicted molar refractivity (Wildman–Crippen MR) is 81.7 cm³/mol. The summed E-state index contributed by atoms with van der Waals surface area (Å²) < 4.78 is 0. The van der Waals surface area contributed by atoms with Crippen molar-refractivity contribution in [2.45, 2.75) is 33.2 Å². The number of aryl methyl sites for hydroxylation is 1. The summed E-state index contributed by atoms with van der Waals surface area (Å²) in [5.41, 5.74) is 2.69. The summed E-state index contributed by atoms with van der Waals surface area (Å²) in [5, 5.41) is 5.99. The zero-order valence-corrected chi connectivity index (χ0v) is 12.5. The molecule has 0 saturated carbocycles. The van der Waals surface area contributed by atoms with E-state index < -0.39 is 0 Å². The van der Waals surface area contributed by atoms with Crippen LogP contribution < -0.4 is 10.6 Å². The minimum Gasteiger partial charge on any atom is -0.334 e. The van der Waals surface area contributed by atoms with E-state index in [9.17, 15) is 4.79 Å². The first kappa shape index (κ1) is 14.5. The van der Waals surface area contributed by atoms with Crippen molar-refractivity contribution in [2.24, 2.45) is 0 Å². The number of para-hydroxylation sites is 1. The van der Waals surface area contributed by atoms with E-state index in [1.807, 2.05) is 42.6 Å². The fraction of sp³-hybridized carbons (Fsp3) is 0.375. The number of benzene rings is 1. The van der Waals surface area contributed by atoms with Gasteiger partial charge < -0.3 is 10.6 Å². The molecular formula is C16H22N3O+. The van der Waals surface area contributed by atoms with Gasteiger partial charge in [-0.05, 0) is 39.8 Å². The van der Waals surface area contributed by atoms with Gasteiger partial charge in [0.2, 0.25) is 0 Å². The van der Waals surface area contributed by atoms with Gasteiger partial charge >= 0.3 is 0 Å². The highest BCUT2D eigenvalue weighted by molar-refractivity contribution is 6.01. The molecular weight excluding hydrogens is 250 g/mol. The van der Waals surface area contributed by atoms with Crippen LogP contribution in [0.2, 0.25) is 0 Å². The largest absolute Gasteiger partial charge is 0.334 e. The van der Waals surface area contributed by atoms with Crippen LogP contribution in [0, 0.1) is 6.92 Å². The standard InChI is InChI=1S/C16H21N3O/c1-11-9-14(12-7-5-6-8-13(12)18-11)19-15(20)10-17-16(2,3)4/h5-9,17H,10H2,1-4H3,(H,18,19,20)/p+1. The van der Waals surface area contributed by atoms with E-state index in [1.165, 1.54) is 0 Å². The van der Waals surface area contributed by atoms with Gasteiger partial charge in [-0.1, -0.05) is 18.2 Å². The molecule has 4 nitrogen and oxygen atoms in total. The molecule has 0 aliphatic rings. The predicted octanol–water partition coefficient (Wildman–Crippen LogP) is 1.84. The molecule has 0 fully saturated rings. The molecule has 1 heterocycles. The molecule has 3 N–H and O–H groups in total. The van der Waals surface area contributed by atoms with Crippen molar-refractivity contribution in [3.63, 3.8) is 0 Å². The molecule has 0 saturated heterocycles. The second-order valence-corrected chi connectivity index (χ2v) is 6.15. The molecule has 106 valence electrons. The third kappa shape index (κ3) is 3.78. The van der Waals surface area contributed by atoms with E-state index >= 15 is 0 Å². The Balaban J connectivity index is 2.19. The van der Waals surface area contributed by atoms with Gasteiger partial charge in [0.1, 0.15) is 0 Å². The number of rotatable bonds is 3. The van der Waals surface area contributed by atoms with Crippen LogP contribution in [0.4, 0.5) is 5.69 Å². The lowest BCUT2D eigenvalue weighted by Crippen LogP contribution is -2.95. The Labute approximate surface area is 119 Å². The van der Waals surface area contributed by atoms with Gasteiger partial charge in [0, 0.05) is 11.1 Å². The molecule has 1 aromatic heterocycles. The van der Waals surface area contributed by atoms with Crippen molar-refractivity contribution < 1.29 is 10.1 Å². The van der Waals surface area contributed by atoms with Crippen LogP contribution in [0.25, 0.3) is 10.9 Å². The van der Waals surface area contributed by atoms with E-state index in [1.54, 1.807) is 0 Å². The van der Waals surface area contributed by atoms with Crippen LogP contribution in [0.15, 0.2) is 30.3 Å². The molecule has 0 aliphatic carbocycles. The highest BCUT2D eigenvalue weighted by Gasteiger charge is 2.16. The fourth-order valence-corrected chi connectivity index (χ4v) is 2.01. The molecule has 2 rings (SSSR count). The molecule has 1 aromatic carbocycles. The van der Waals surface area contributed by atoms with Crippen molar-refractivity contribution in [2.75, 3.05) is 11.9 Å². The molecule has 1 amide bonds. The molecule has 0 radical (unpaired) electrons. The first-order valence-electron chi connectivity index (χ1n) is 6.86. The van der Waals surface area contributed by atoms with E-state index in [0.717, 1.165) is 22.3 Å². The van der Waals surface area contributed by atoms with Crippen LogP contribution in [0.3, 0.4) is 0 Å². The lowest BCUT2D eigenvalue weighted by molar-refractivity contribution is -0.707. The lowest BCUT2D eigenvalue weighted by atomic mass is 10.1. The van der Waals surface area contributed by atoms with Crippen LogP contribution in [-0.4, -0.2) is 23.0 Å². The number of amides is 1. The van der Waals surface area contributed by atoms with E-state index in [2.05, 4.69) is 31.1 Å². The Bertz CT molecular complexity index is 629. The summed E-state index contributed by atoms with van der Waals surface area (Å²) in [4.78, 5) is 16.5. The third-order valence-electron chi connectivity index (χ3n) is 3.02. The van der Waals surface area contributed by atoms with E-state index in [0.29, 0.717) is 6.54 Å². The number of aromatic nitrogens is 1. The van der Waals surface area contributed by atoms with Crippen LogP contribution in [0.1, 0.15) is 26.5 Å². The van der Waals surface area contributed by atoms with Gasteiger partial charge in [0.15, 0.2) is 6.54 Å². The number of nitrogens with two attached hydrogens (primary N) is 1. The molecule has 4 heteroatoms. The number of pyridine rings is 1. The molecule has 0 spiro atoms. The molecule has 0 atom stereocenters. The van der Waals surface area contributed by atoms with E-state index in [-0.39, 0.29) is 11.4 Å². The monoisotopic (exact) mass is 272 g/mol. The van der Waals surface area contributed by atoms with Gasteiger partial charge in [-0.3, -0.25) is 9.78 Å². The Morgan fingerprint density at radius 3 is 2.70 bits per heavy atom. The maximum absolute atomic E-state index is 12.1. The third-order valence-corrected chi connectivity index (χ3v) is 3.02. The SMILES string of the molecule is Cc1cc(NC(=O)C[NH2+]C(C)(C)C)c2ccccc2n1. The zero-order chi connectivity index (χ0) is 14.8. The number of nitrogens with zero attached hydrogens (tertiary/aromatic N) is 1. The van der Waals surface area contributed by atoms with Crippen molar-refractivity contribution >= 4 is 22.5 Å². The number of quaternary nitrogens is 1. The summed E-state index contributed by atoms with van der Waals surface area (Å²) in [7, 11) is 0. The van der Waals surface area contributed by atoms with E-state index in [4.69, 9.17) is 0 Å². The Kier molecular flexibility index (Phi) is 4.04. The average Bonchev–Trinajstić information content (AvgIpc) is 2.35. The summed E-state index contributed by atoms with van der Waals surface area (Å²) in [6.45, 7) is 8.62. The van der Waals surface area contributed by atoms with Crippen LogP contribution in [-0.2, 0) is 4.79 Å². The van der Waals surface area contributed by atoms with Gasteiger partial charge in [-0.25, -0.2) is 0 Å². The molecule has 20 heavy (non-hydrogen) atoms. The maximum atomic E-state index is 12.1. The van der Waals surface area contributed by atoms with Crippen molar-refractivity contribution in [1.29, 1.82) is 0 Å². The minimum atomic E-state index is 0.00989. The molecule has 0 aliphatic heterocycles. The zero-order valence-electron chi connectivity index (χ0n) is 12.5. The average molecular weight is 272 g/mol. The van der Waals surface area contributed by atoms with Gasteiger partial charge in [-0.15, -0.1) is 0 Å². The number of hydrogen-bond acceptors (Lipinski definition) is 2. The minimum absolute atomic E-state index is 0.00989. The number of hydrogen-bond donors (Lipinski definition) is 2. The van der Waals surface area contributed by atoms with Crippen LogP contribution >= 0.6 is 0 Å². The van der Waals surface area contributed by atoms with Gasteiger partial charge in [0.05, 0.1) is 16.7 Å². The highest BCUT2D eigenvalue weighted by Crippen LogP contribution is 2.22. The van der Waals surface area contributed by atoms with Gasteiger partial charge in [0.25, 0.3) is 5.91 Å². The number of fused-ring (bicyclic) bond motifs is 1. The number of anilines is 1. The van der Waals surface area contributed by atoms with Gasteiger partial charge in [-0.2, -0.15) is 0 Å². The highest BCUT2D eigenvalue weighted by atomic mass is 16.1. The first-order valence-corrected chi connectivity index (χ1v) is 6.86. The van der Waals surface area contributed by atoms with Crippen LogP contribution in [0.5, 0.6) is 0 Å². The van der Waals surface area contributed by atoms with Crippen molar-refractivity contribution in [1.82, 2.24) is 4.98 Å². The summed E-state index contributed by atoms with van der Waals surface area (Å²) >= 11 is 0. The second-order valence-electron chi connectivity index (χ2n) is 6.15. The smallest absolute Gasteiger partial charge is 0.279 e. The van der Waals surface area contributed by atoms with Crippen molar-refractivity contribution in [3.05, 3.63) is 36.0 Å².